The van der Waals surface area contributed by atoms with Crippen molar-refractivity contribution in [3.63, 3.8) is 0 Å². The molecule has 2 N–H and O–H groups in total. The maximum absolute atomic E-state index is 12.5. The van der Waals surface area contributed by atoms with E-state index < -0.39 is 0 Å². The van der Waals surface area contributed by atoms with Crippen LogP contribution < -0.4 is 15.4 Å². The smallest absolute Gasteiger partial charge is 0.275 e. The molecule has 150 valence electrons. The van der Waals surface area contributed by atoms with E-state index in [-0.39, 0.29) is 5.91 Å². The highest BCUT2D eigenvalue weighted by atomic mass is 32.1. The molecular formula is C22H19N5O2S. The monoisotopic (exact) mass is 417 g/mol. The molecule has 1 amide bonds. The molecular weight excluding hydrogens is 398 g/mol. The summed E-state index contributed by atoms with van der Waals surface area (Å²) < 4.78 is 5.76. The first-order chi connectivity index (χ1) is 14.5. The van der Waals surface area contributed by atoms with Gasteiger partial charge in [-0.1, -0.05) is 18.2 Å². The SMILES string of the molecule is Cc1cc(C)nc(Nc2nc(C(=O)Nc3ccc(Oc4ccccc4)cc3)cs2)n1. The Morgan fingerprint density at radius 2 is 1.57 bits per heavy atom. The lowest BCUT2D eigenvalue weighted by Crippen LogP contribution is -2.12. The minimum Gasteiger partial charge on any atom is -0.457 e. The number of benzene rings is 2. The van der Waals surface area contributed by atoms with Crippen molar-refractivity contribution in [2.45, 2.75) is 13.8 Å². The number of rotatable bonds is 6. The number of carbonyl (C=O) groups excluding carboxylic acids is 1. The average molecular weight is 417 g/mol. The van der Waals surface area contributed by atoms with Crippen molar-refractivity contribution in [1.29, 1.82) is 0 Å². The van der Waals surface area contributed by atoms with Crippen LogP contribution in [0.1, 0.15) is 21.9 Å². The molecule has 0 fully saturated rings. The first-order valence-corrected chi connectivity index (χ1v) is 10.1. The van der Waals surface area contributed by atoms with Crippen LogP contribution in [0.25, 0.3) is 0 Å². The van der Waals surface area contributed by atoms with Crippen LogP contribution in [-0.2, 0) is 0 Å². The highest BCUT2D eigenvalue weighted by Crippen LogP contribution is 2.24. The molecule has 0 aliphatic heterocycles. The molecule has 0 aliphatic rings. The fraction of sp³-hybridized carbons (Fsp3) is 0.0909. The molecule has 2 aromatic heterocycles. The molecule has 2 aromatic carbocycles. The first kappa shape index (κ1) is 19.5. The van der Waals surface area contributed by atoms with E-state index in [0.29, 0.717) is 28.2 Å². The lowest BCUT2D eigenvalue weighted by molar-refractivity contribution is 0.102. The number of aromatic nitrogens is 3. The van der Waals surface area contributed by atoms with E-state index in [1.54, 1.807) is 29.6 Å². The van der Waals surface area contributed by atoms with Crippen molar-refractivity contribution in [3.8, 4) is 11.5 Å². The highest BCUT2D eigenvalue weighted by molar-refractivity contribution is 7.14. The van der Waals surface area contributed by atoms with Crippen LogP contribution in [-0.4, -0.2) is 20.9 Å². The molecule has 7 nitrogen and oxygen atoms in total. The molecule has 2 heterocycles. The van der Waals surface area contributed by atoms with Crippen molar-refractivity contribution >= 4 is 34.0 Å². The van der Waals surface area contributed by atoms with E-state index in [2.05, 4.69) is 25.6 Å². The summed E-state index contributed by atoms with van der Waals surface area (Å²) in [4.78, 5) is 25.5. The number of thiazole rings is 1. The number of aryl methyl sites for hydroxylation is 2. The Balaban J connectivity index is 1.38. The molecule has 4 aromatic rings. The highest BCUT2D eigenvalue weighted by Gasteiger charge is 2.12. The van der Waals surface area contributed by atoms with Gasteiger partial charge in [-0.3, -0.25) is 4.79 Å². The molecule has 0 unspecified atom stereocenters. The van der Waals surface area contributed by atoms with E-state index >= 15 is 0 Å². The van der Waals surface area contributed by atoms with E-state index in [1.807, 2.05) is 50.2 Å². The zero-order chi connectivity index (χ0) is 20.9. The summed E-state index contributed by atoms with van der Waals surface area (Å²) in [5, 5.41) is 8.12. The van der Waals surface area contributed by atoms with Crippen LogP contribution in [0.2, 0.25) is 0 Å². The zero-order valence-electron chi connectivity index (χ0n) is 16.4. The van der Waals surface area contributed by atoms with E-state index in [4.69, 9.17) is 4.74 Å². The van der Waals surface area contributed by atoms with Crippen LogP contribution >= 0.6 is 11.3 Å². The number of nitrogens with zero attached hydrogens (tertiary/aromatic N) is 3. The van der Waals surface area contributed by atoms with Gasteiger partial charge in [0.15, 0.2) is 5.13 Å². The number of carbonyl (C=O) groups is 1. The normalized spacial score (nSPS) is 10.5. The molecule has 30 heavy (non-hydrogen) atoms. The van der Waals surface area contributed by atoms with Crippen LogP contribution in [0.5, 0.6) is 11.5 Å². The fourth-order valence-corrected chi connectivity index (χ4v) is 3.42. The summed E-state index contributed by atoms with van der Waals surface area (Å²) in [5.41, 5.74) is 2.69. The van der Waals surface area contributed by atoms with Crippen LogP contribution in [0, 0.1) is 13.8 Å². The Morgan fingerprint density at radius 3 is 2.27 bits per heavy atom. The maximum Gasteiger partial charge on any atom is 0.275 e. The summed E-state index contributed by atoms with van der Waals surface area (Å²) in [6.07, 6.45) is 0. The fourth-order valence-electron chi connectivity index (χ4n) is 2.74. The number of ether oxygens (including phenoxy) is 1. The van der Waals surface area contributed by atoms with Crippen molar-refractivity contribution in [1.82, 2.24) is 15.0 Å². The topological polar surface area (TPSA) is 89.0 Å². The van der Waals surface area contributed by atoms with Gasteiger partial charge in [-0.2, -0.15) is 0 Å². The summed E-state index contributed by atoms with van der Waals surface area (Å²) in [5.74, 6) is 1.61. The number of nitrogens with one attached hydrogen (secondary N) is 2. The van der Waals surface area contributed by atoms with Gasteiger partial charge in [-0.25, -0.2) is 15.0 Å². The minimum absolute atomic E-state index is 0.294. The number of amides is 1. The third kappa shape index (κ3) is 4.98. The quantitative estimate of drug-likeness (QED) is 0.440. The van der Waals surface area contributed by atoms with Gasteiger partial charge in [0, 0.05) is 22.5 Å². The largest absolute Gasteiger partial charge is 0.457 e. The molecule has 0 saturated carbocycles. The Bertz CT molecular complexity index is 1140. The van der Waals surface area contributed by atoms with Gasteiger partial charge in [0.1, 0.15) is 17.2 Å². The van der Waals surface area contributed by atoms with Gasteiger partial charge < -0.3 is 15.4 Å². The minimum atomic E-state index is -0.294. The molecule has 0 saturated heterocycles. The van der Waals surface area contributed by atoms with E-state index in [1.165, 1.54) is 11.3 Å². The molecule has 0 radical (unpaired) electrons. The average Bonchev–Trinajstić information content (AvgIpc) is 3.18. The third-order valence-corrected chi connectivity index (χ3v) is 4.79. The number of anilines is 3. The van der Waals surface area contributed by atoms with Gasteiger partial charge >= 0.3 is 0 Å². The maximum atomic E-state index is 12.5. The Morgan fingerprint density at radius 1 is 0.900 bits per heavy atom. The second kappa shape index (κ2) is 8.71. The van der Waals surface area contributed by atoms with Gasteiger partial charge in [0.05, 0.1) is 0 Å². The van der Waals surface area contributed by atoms with Crippen LogP contribution in [0.15, 0.2) is 66.0 Å². The number of hydrogen-bond donors (Lipinski definition) is 2. The van der Waals surface area contributed by atoms with Gasteiger partial charge in [0.2, 0.25) is 5.95 Å². The second-order valence-electron chi connectivity index (χ2n) is 6.53. The molecule has 4 rings (SSSR count). The third-order valence-electron chi connectivity index (χ3n) is 4.03. The van der Waals surface area contributed by atoms with Gasteiger partial charge in [-0.15, -0.1) is 11.3 Å². The van der Waals surface area contributed by atoms with E-state index in [0.717, 1.165) is 17.1 Å². The standard InChI is InChI=1S/C22H19N5O2S/c1-14-12-15(2)24-21(23-14)27-22-26-19(13-30-22)20(28)25-16-8-10-18(11-9-16)29-17-6-4-3-5-7-17/h3-13H,1-2H3,(H,25,28)(H,23,24,26,27). The van der Waals surface area contributed by atoms with Gasteiger partial charge in [0.25, 0.3) is 5.91 Å². The lowest BCUT2D eigenvalue weighted by atomic mass is 10.3. The van der Waals surface area contributed by atoms with Crippen molar-refractivity contribution < 1.29 is 9.53 Å². The van der Waals surface area contributed by atoms with Crippen molar-refractivity contribution in [3.05, 3.63) is 83.1 Å². The second-order valence-corrected chi connectivity index (χ2v) is 7.39. The number of para-hydroxylation sites is 1. The summed E-state index contributed by atoms with van der Waals surface area (Å²) in [7, 11) is 0. The van der Waals surface area contributed by atoms with Crippen LogP contribution in [0.4, 0.5) is 16.8 Å². The number of hydrogen-bond acceptors (Lipinski definition) is 7. The predicted molar refractivity (Wildman–Crippen MR) is 118 cm³/mol. The molecule has 8 heteroatoms. The molecule has 0 spiro atoms. The summed E-state index contributed by atoms with van der Waals surface area (Å²) in [6.45, 7) is 3.80. The Hall–Kier alpha value is -3.78. The predicted octanol–water partition coefficient (Wildman–Crippen LogP) is 5.34. The lowest BCUT2D eigenvalue weighted by Gasteiger charge is -2.07. The van der Waals surface area contributed by atoms with Gasteiger partial charge in [-0.05, 0) is 56.3 Å². The Kier molecular flexibility index (Phi) is 5.67. The van der Waals surface area contributed by atoms with Crippen LogP contribution in [0.3, 0.4) is 0 Å². The van der Waals surface area contributed by atoms with Crippen molar-refractivity contribution in [2.75, 3.05) is 10.6 Å². The molecule has 0 aliphatic carbocycles. The summed E-state index contributed by atoms with van der Waals surface area (Å²) in [6, 6.07) is 18.6. The molecule has 0 bridgehead atoms. The van der Waals surface area contributed by atoms with E-state index in [9.17, 15) is 4.79 Å². The Labute approximate surface area is 177 Å². The summed E-state index contributed by atoms with van der Waals surface area (Å²) >= 11 is 1.32. The first-order valence-electron chi connectivity index (χ1n) is 9.24. The molecule has 0 atom stereocenters. The van der Waals surface area contributed by atoms with Crippen molar-refractivity contribution in [2.24, 2.45) is 0 Å². The zero-order valence-corrected chi connectivity index (χ0v) is 17.2.